The number of carbonyl (C=O) groups is 2. The van der Waals surface area contributed by atoms with Crippen LogP contribution in [-0.2, 0) is 22.6 Å². The van der Waals surface area contributed by atoms with Crippen molar-refractivity contribution in [3.8, 4) is 0 Å². The third kappa shape index (κ3) is 6.57. The number of nitrogens with zero attached hydrogens (tertiary/aromatic N) is 1. The molecule has 2 aromatic rings. The number of carbonyl (C=O) groups excluding carboxylic acids is 2. The molecule has 0 unspecified atom stereocenters. The Kier molecular flexibility index (Phi) is 8.14. The van der Waals surface area contributed by atoms with Crippen molar-refractivity contribution in [3.63, 3.8) is 0 Å². The highest BCUT2D eigenvalue weighted by Crippen LogP contribution is 2.20. The van der Waals surface area contributed by atoms with Crippen molar-refractivity contribution in [2.24, 2.45) is 0 Å². The number of benzene rings is 2. The average molecular weight is 441 g/mol. The lowest BCUT2D eigenvalue weighted by atomic mass is 9.95. The summed E-state index contributed by atoms with van der Waals surface area (Å²) in [7, 11) is 0. The van der Waals surface area contributed by atoms with E-state index in [0.717, 1.165) is 47.9 Å². The van der Waals surface area contributed by atoms with Crippen LogP contribution >= 0.6 is 11.6 Å². The molecule has 4 nitrogen and oxygen atoms in total. The molecule has 0 aromatic heterocycles. The van der Waals surface area contributed by atoms with Crippen LogP contribution in [0.15, 0.2) is 42.5 Å². The van der Waals surface area contributed by atoms with Gasteiger partial charge in [-0.3, -0.25) is 9.59 Å². The molecule has 5 heteroatoms. The maximum absolute atomic E-state index is 13.4. The van der Waals surface area contributed by atoms with Crippen molar-refractivity contribution >= 4 is 23.4 Å². The molecule has 166 valence electrons. The third-order valence-electron chi connectivity index (χ3n) is 6.21. The van der Waals surface area contributed by atoms with E-state index in [9.17, 15) is 9.59 Å². The second-order valence-electron chi connectivity index (χ2n) is 8.78. The standard InChI is InChI=1S/C26H33ClN2O2/c1-18-12-13-19(2)22(14-18)16-25(30)29(17-21-8-7-9-23(27)15-21)20(3)26(31)28-24-10-5-4-6-11-24/h7-9,12-15,20,24H,4-6,10-11,16-17H2,1-3H3,(H,28,31)/t20-/m0/s1. The van der Waals surface area contributed by atoms with Crippen LogP contribution in [0.5, 0.6) is 0 Å². The highest BCUT2D eigenvalue weighted by molar-refractivity contribution is 6.30. The zero-order valence-electron chi connectivity index (χ0n) is 18.8. The summed E-state index contributed by atoms with van der Waals surface area (Å²) in [6.45, 7) is 6.22. The quantitative estimate of drug-likeness (QED) is 0.629. The number of hydrogen-bond acceptors (Lipinski definition) is 2. The Morgan fingerprint density at radius 3 is 2.55 bits per heavy atom. The fourth-order valence-corrected chi connectivity index (χ4v) is 4.45. The summed E-state index contributed by atoms with van der Waals surface area (Å²) < 4.78 is 0. The molecule has 1 N–H and O–H groups in total. The number of aryl methyl sites for hydroxylation is 2. The van der Waals surface area contributed by atoms with Crippen molar-refractivity contribution < 1.29 is 9.59 Å². The van der Waals surface area contributed by atoms with Gasteiger partial charge in [0.25, 0.3) is 0 Å². The lowest BCUT2D eigenvalue weighted by molar-refractivity contribution is -0.140. The van der Waals surface area contributed by atoms with Crippen molar-refractivity contribution in [2.75, 3.05) is 0 Å². The SMILES string of the molecule is Cc1ccc(C)c(CC(=O)N(Cc2cccc(Cl)c2)[C@@H](C)C(=O)NC2CCCCC2)c1. The smallest absolute Gasteiger partial charge is 0.242 e. The van der Waals surface area contributed by atoms with E-state index in [4.69, 9.17) is 11.6 Å². The number of rotatable bonds is 7. The maximum Gasteiger partial charge on any atom is 0.242 e. The molecule has 1 saturated carbocycles. The third-order valence-corrected chi connectivity index (χ3v) is 6.44. The monoisotopic (exact) mass is 440 g/mol. The predicted molar refractivity (Wildman–Crippen MR) is 126 cm³/mol. The van der Waals surface area contributed by atoms with Crippen LogP contribution in [0.25, 0.3) is 0 Å². The predicted octanol–water partition coefficient (Wildman–Crippen LogP) is 5.37. The summed E-state index contributed by atoms with van der Waals surface area (Å²) in [5, 5.41) is 3.80. The minimum atomic E-state index is -0.557. The lowest BCUT2D eigenvalue weighted by Gasteiger charge is -2.31. The lowest BCUT2D eigenvalue weighted by Crippen LogP contribution is -2.50. The van der Waals surface area contributed by atoms with Gasteiger partial charge in [-0.15, -0.1) is 0 Å². The Morgan fingerprint density at radius 1 is 1.10 bits per heavy atom. The molecule has 0 radical (unpaired) electrons. The molecular formula is C26H33ClN2O2. The van der Waals surface area contributed by atoms with Gasteiger partial charge in [0.05, 0.1) is 6.42 Å². The zero-order valence-corrected chi connectivity index (χ0v) is 19.5. The highest BCUT2D eigenvalue weighted by atomic mass is 35.5. The molecule has 1 fully saturated rings. The van der Waals surface area contributed by atoms with Crippen LogP contribution in [-0.4, -0.2) is 28.8 Å². The van der Waals surface area contributed by atoms with Gasteiger partial charge in [0.2, 0.25) is 11.8 Å². The molecule has 1 atom stereocenters. The Hall–Kier alpha value is -2.33. The van der Waals surface area contributed by atoms with Gasteiger partial charge in [0.1, 0.15) is 6.04 Å². The van der Waals surface area contributed by atoms with E-state index in [2.05, 4.69) is 11.4 Å². The van der Waals surface area contributed by atoms with E-state index < -0.39 is 6.04 Å². The molecule has 2 aromatic carbocycles. The minimum absolute atomic E-state index is 0.0556. The van der Waals surface area contributed by atoms with Crippen LogP contribution in [0.2, 0.25) is 5.02 Å². The van der Waals surface area contributed by atoms with E-state index in [1.165, 1.54) is 6.42 Å². The van der Waals surface area contributed by atoms with Crippen molar-refractivity contribution in [2.45, 2.75) is 77.9 Å². The molecule has 3 rings (SSSR count). The summed E-state index contributed by atoms with van der Waals surface area (Å²) in [5.74, 6) is -0.136. The zero-order chi connectivity index (χ0) is 22.4. The van der Waals surface area contributed by atoms with Crippen LogP contribution in [0, 0.1) is 13.8 Å². The first-order valence-electron chi connectivity index (χ1n) is 11.2. The summed E-state index contributed by atoms with van der Waals surface area (Å²) in [6, 6.07) is 13.3. The first-order chi connectivity index (χ1) is 14.8. The van der Waals surface area contributed by atoms with Crippen molar-refractivity contribution in [1.82, 2.24) is 10.2 Å². The minimum Gasteiger partial charge on any atom is -0.352 e. The molecule has 1 aliphatic rings. The van der Waals surface area contributed by atoms with Crippen LogP contribution < -0.4 is 5.32 Å². The topological polar surface area (TPSA) is 49.4 Å². The van der Waals surface area contributed by atoms with Crippen LogP contribution in [0.4, 0.5) is 0 Å². The van der Waals surface area contributed by atoms with Crippen LogP contribution in [0.1, 0.15) is 61.3 Å². The fourth-order valence-electron chi connectivity index (χ4n) is 4.24. The molecule has 0 bridgehead atoms. The average Bonchev–Trinajstić information content (AvgIpc) is 2.75. The van der Waals surface area contributed by atoms with Crippen LogP contribution in [0.3, 0.4) is 0 Å². The Balaban J connectivity index is 1.79. The molecular weight excluding hydrogens is 408 g/mol. The molecule has 0 heterocycles. The van der Waals surface area contributed by atoms with Gasteiger partial charge < -0.3 is 10.2 Å². The number of amides is 2. The number of halogens is 1. The van der Waals surface area contributed by atoms with E-state index in [0.29, 0.717) is 11.6 Å². The van der Waals surface area contributed by atoms with E-state index >= 15 is 0 Å². The number of hydrogen-bond donors (Lipinski definition) is 1. The normalized spacial score (nSPS) is 15.4. The first kappa shape index (κ1) is 23.3. The molecule has 0 saturated heterocycles. The van der Waals surface area contributed by atoms with Crippen molar-refractivity contribution in [3.05, 3.63) is 69.7 Å². The van der Waals surface area contributed by atoms with E-state index in [1.54, 1.807) is 4.90 Å². The summed E-state index contributed by atoms with van der Waals surface area (Å²) in [4.78, 5) is 28.2. The molecule has 0 aliphatic heterocycles. The molecule has 1 aliphatic carbocycles. The summed E-state index contributed by atoms with van der Waals surface area (Å²) in [5.41, 5.74) is 4.12. The van der Waals surface area contributed by atoms with Crippen molar-refractivity contribution in [1.29, 1.82) is 0 Å². The Morgan fingerprint density at radius 2 is 1.84 bits per heavy atom. The fraction of sp³-hybridized carbons (Fsp3) is 0.462. The summed E-state index contributed by atoms with van der Waals surface area (Å²) >= 11 is 6.16. The maximum atomic E-state index is 13.4. The molecule has 2 amide bonds. The Bertz CT molecular complexity index is 921. The first-order valence-corrected chi connectivity index (χ1v) is 11.6. The Labute approximate surface area is 191 Å². The molecule has 31 heavy (non-hydrogen) atoms. The van der Waals surface area contributed by atoms with Gasteiger partial charge in [-0.25, -0.2) is 0 Å². The molecule has 0 spiro atoms. The largest absolute Gasteiger partial charge is 0.352 e. The number of nitrogens with one attached hydrogen (secondary N) is 1. The highest BCUT2D eigenvalue weighted by Gasteiger charge is 2.28. The van der Waals surface area contributed by atoms with Gasteiger partial charge in [-0.2, -0.15) is 0 Å². The summed E-state index contributed by atoms with van der Waals surface area (Å²) in [6.07, 6.45) is 5.84. The van der Waals surface area contributed by atoms with Gasteiger partial charge in [-0.1, -0.05) is 66.8 Å². The van der Waals surface area contributed by atoms with Gasteiger partial charge in [-0.05, 0) is 62.4 Å². The van der Waals surface area contributed by atoms with Gasteiger partial charge in [0, 0.05) is 17.6 Å². The van der Waals surface area contributed by atoms with Gasteiger partial charge in [0.15, 0.2) is 0 Å². The van der Waals surface area contributed by atoms with E-state index in [1.807, 2.05) is 57.2 Å². The second-order valence-corrected chi connectivity index (χ2v) is 9.21. The second kappa shape index (κ2) is 10.8. The van der Waals surface area contributed by atoms with Gasteiger partial charge >= 0.3 is 0 Å². The van der Waals surface area contributed by atoms with E-state index in [-0.39, 0.29) is 24.3 Å².